The van der Waals surface area contributed by atoms with Gasteiger partial charge in [0.25, 0.3) is 5.91 Å². The van der Waals surface area contributed by atoms with Crippen LogP contribution in [0.2, 0.25) is 0 Å². The maximum absolute atomic E-state index is 12.7. The van der Waals surface area contributed by atoms with E-state index < -0.39 is 11.5 Å². The Balaban J connectivity index is 1.90. The monoisotopic (exact) mass is 357 g/mol. The van der Waals surface area contributed by atoms with Gasteiger partial charge in [-0.2, -0.15) is 0 Å². The molecule has 1 aromatic heterocycles. The van der Waals surface area contributed by atoms with E-state index in [2.05, 4.69) is 38.3 Å². The number of fused-ring (bicyclic) bond motifs is 1. The summed E-state index contributed by atoms with van der Waals surface area (Å²) in [6.45, 7) is 8.32. The second kappa shape index (κ2) is 6.13. The van der Waals surface area contributed by atoms with Crippen LogP contribution in [0.1, 0.15) is 44.5 Å². The number of benzene rings is 1. The third-order valence-electron chi connectivity index (χ3n) is 5.03. The predicted octanol–water partition coefficient (Wildman–Crippen LogP) is 2.51. The molecule has 2 N–H and O–H groups in total. The highest BCUT2D eigenvalue weighted by molar-refractivity contribution is 5.97. The molecule has 2 aromatic rings. The van der Waals surface area contributed by atoms with Gasteiger partial charge >= 0.3 is 5.63 Å². The molecule has 26 heavy (non-hydrogen) atoms. The molecule has 0 aliphatic carbocycles. The Morgan fingerprint density at radius 3 is 2.50 bits per heavy atom. The van der Waals surface area contributed by atoms with Crippen LogP contribution in [-0.4, -0.2) is 37.1 Å². The van der Waals surface area contributed by atoms with Gasteiger partial charge in [-0.3, -0.25) is 4.79 Å². The van der Waals surface area contributed by atoms with Crippen LogP contribution in [0.5, 0.6) is 0 Å². The quantitative estimate of drug-likeness (QED) is 0.826. The second-order valence-electron chi connectivity index (χ2n) is 8.52. The molecule has 0 radical (unpaired) electrons. The topological polar surface area (TPSA) is 74.6 Å². The van der Waals surface area contributed by atoms with Crippen molar-refractivity contribution in [3.8, 4) is 0 Å². The summed E-state index contributed by atoms with van der Waals surface area (Å²) in [4.78, 5) is 27.0. The van der Waals surface area contributed by atoms with Gasteiger partial charge in [0.15, 0.2) is 0 Å². The van der Waals surface area contributed by atoms with Gasteiger partial charge in [-0.05, 0) is 52.3 Å². The molecule has 1 atom stereocenters. The van der Waals surface area contributed by atoms with Gasteiger partial charge < -0.3 is 20.0 Å². The molecular weight excluding hydrogens is 330 g/mol. The summed E-state index contributed by atoms with van der Waals surface area (Å²) >= 11 is 0. The van der Waals surface area contributed by atoms with Crippen molar-refractivity contribution in [2.75, 3.05) is 19.0 Å². The van der Waals surface area contributed by atoms with Crippen molar-refractivity contribution in [3.63, 3.8) is 0 Å². The minimum Gasteiger partial charge on any atom is -0.422 e. The van der Waals surface area contributed by atoms with Crippen LogP contribution in [-0.2, 0) is 0 Å². The standard InChI is InChI=1S/C20H27N3O3/c1-19(2)11-16(20(3,4)22-19)21-17(24)14-9-12-7-8-13(23(5)6)10-15(12)26-18(14)25/h7-10,16,22H,11H2,1-6H3,(H,21,24). The summed E-state index contributed by atoms with van der Waals surface area (Å²) in [7, 11) is 3.83. The van der Waals surface area contributed by atoms with Gasteiger partial charge in [-0.15, -0.1) is 0 Å². The van der Waals surface area contributed by atoms with Crippen LogP contribution >= 0.6 is 0 Å². The van der Waals surface area contributed by atoms with E-state index in [1.165, 1.54) is 0 Å². The zero-order valence-electron chi connectivity index (χ0n) is 16.3. The molecule has 140 valence electrons. The molecule has 1 unspecified atom stereocenters. The number of carbonyl (C=O) groups is 1. The fourth-order valence-electron chi connectivity index (χ4n) is 3.78. The second-order valence-corrected chi connectivity index (χ2v) is 8.52. The zero-order valence-corrected chi connectivity index (χ0v) is 16.3. The Morgan fingerprint density at radius 1 is 1.23 bits per heavy atom. The average Bonchev–Trinajstić information content (AvgIpc) is 2.72. The van der Waals surface area contributed by atoms with Crippen molar-refractivity contribution in [2.45, 2.75) is 51.2 Å². The van der Waals surface area contributed by atoms with Crippen molar-refractivity contribution in [1.29, 1.82) is 0 Å². The largest absolute Gasteiger partial charge is 0.422 e. The summed E-state index contributed by atoms with van der Waals surface area (Å²) in [6.07, 6.45) is 0.789. The van der Waals surface area contributed by atoms with E-state index in [-0.39, 0.29) is 22.7 Å². The molecule has 2 heterocycles. The summed E-state index contributed by atoms with van der Waals surface area (Å²) in [5.74, 6) is -0.394. The van der Waals surface area contributed by atoms with E-state index >= 15 is 0 Å². The molecule has 0 bridgehead atoms. The maximum atomic E-state index is 12.7. The molecule has 0 spiro atoms. The highest BCUT2D eigenvalue weighted by Gasteiger charge is 2.44. The van der Waals surface area contributed by atoms with E-state index in [1.807, 2.05) is 31.1 Å². The Kier molecular flexibility index (Phi) is 4.35. The number of hydrogen-bond donors (Lipinski definition) is 2. The summed E-state index contributed by atoms with van der Waals surface area (Å²) in [6, 6.07) is 7.11. The molecule has 1 amide bonds. The number of hydrogen-bond acceptors (Lipinski definition) is 5. The summed E-state index contributed by atoms with van der Waals surface area (Å²) < 4.78 is 5.40. The molecule has 0 saturated carbocycles. The first-order chi connectivity index (χ1) is 12.0. The minimum absolute atomic E-state index is 0.0376. The van der Waals surface area contributed by atoms with E-state index in [0.29, 0.717) is 5.58 Å². The van der Waals surface area contributed by atoms with Crippen LogP contribution in [0.4, 0.5) is 5.69 Å². The Hall–Kier alpha value is -2.34. The lowest BCUT2D eigenvalue weighted by molar-refractivity contribution is 0.0920. The Labute approximate surface area is 153 Å². The Bertz CT molecular complexity index is 912. The fourth-order valence-corrected chi connectivity index (χ4v) is 3.78. The van der Waals surface area contributed by atoms with Crippen molar-refractivity contribution < 1.29 is 9.21 Å². The minimum atomic E-state index is -0.617. The van der Waals surface area contributed by atoms with Crippen LogP contribution in [0, 0.1) is 0 Å². The van der Waals surface area contributed by atoms with E-state index in [4.69, 9.17) is 4.42 Å². The van der Waals surface area contributed by atoms with E-state index in [1.54, 1.807) is 12.1 Å². The number of anilines is 1. The molecule has 1 aliphatic rings. The maximum Gasteiger partial charge on any atom is 0.349 e. The van der Waals surface area contributed by atoms with Gasteiger partial charge in [-0.25, -0.2) is 4.79 Å². The Morgan fingerprint density at radius 2 is 1.92 bits per heavy atom. The van der Waals surface area contributed by atoms with Crippen molar-refractivity contribution in [1.82, 2.24) is 10.6 Å². The van der Waals surface area contributed by atoms with Gasteiger partial charge in [0, 0.05) is 48.4 Å². The van der Waals surface area contributed by atoms with Crippen LogP contribution in [0.15, 0.2) is 33.5 Å². The molecule has 3 rings (SSSR count). The first-order valence-electron chi connectivity index (χ1n) is 8.84. The molecule has 1 saturated heterocycles. The number of carbonyl (C=O) groups excluding carboxylic acids is 1. The summed E-state index contributed by atoms with van der Waals surface area (Å²) in [5, 5.41) is 7.25. The number of amides is 1. The van der Waals surface area contributed by atoms with Gasteiger partial charge in [0.2, 0.25) is 0 Å². The molecule has 6 heteroatoms. The molecule has 1 aliphatic heterocycles. The van der Waals surface area contributed by atoms with Crippen LogP contribution in [0.25, 0.3) is 11.0 Å². The number of nitrogens with zero attached hydrogens (tertiary/aromatic N) is 1. The number of nitrogens with one attached hydrogen (secondary N) is 2. The van der Waals surface area contributed by atoms with Gasteiger partial charge in [-0.1, -0.05) is 0 Å². The zero-order chi connectivity index (χ0) is 19.3. The molecular formula is C20H27N3O3. The highest BCUT2D eigenvalue weighted by atomic mass is 16.4. The van der Waals surface area contributed by atoms with Crippen LogP contribution < -0.4 is 21.2 Å². The highest BCUT2D eigenvalue weighted by Crippen LogP contribution is 2.30. The van der Waals surface area contributed by atoms with Crippen molar-refractivity contribution >= 4 is 22.6 Å². The first kappa shape index (κ1) is 18.5. The molecule has 1 fully saturated rings. The molecule has 6 nitrogen and oxygen atoms in total. The van der Waals surface area contributed by atoms with Crippen molar-refractivity contribution in [2.24, 2.45) is 0 Å². The normalized spacial score (nSPS) is 20.9. The number of rotatable bonds is 3. The SMILES string of the molecule is CN(C)c1ccc2cc(C(=O)NC3CC(C)(C)NC3(C)C)c(=O)oc2c1. The third-order valence-corrected chi connectivity index (χ3v) is 5.03. The van der Waals surface area contributed by atoms with Crippen LogP contribution in [0.3, 0.4) is 0 Å². The average molecular weight is 357 g/mol. The lowest BCUT2D eigenvalue weighted by atomic mass is 9.94. The fraction of sp³-hybridized carbons (Fsp3) is 0.500. The van der Waals surface area contributed by atoms with Gasteiger partial charge in [0.1, 0.15) is 11.1 Å². The van der Waals surface area contributed by atoms with E-state index in [9.17, 15) is 9.59 Å². The van der Waals surface area contributed by atoms with Crippen molar-refractivity contribution in [3.05, 3.63) is 40.2 Å². The first-order valence-corrected chi connectivity index (χ1v) is 8.84. The molecule has 1 aromatic carbocycles. The lowest BCUT2D eigenvalue weighted by Gasteiger charge is -2.28. The predicted molar refractivity (Wildman–Crippen MR) is 104 cm³/mol. The summed E-state index contributed by atoms with van der Waals surface area (Å²) in [5.41, 5.74) is 0.500. The lowest BCUT2D eigenvalue weighted by Crippen LogP contribution is -2.52. The smallest absolute Gasteiger partial charge is 0.349 e. The van der Waals surface area contributed by atoms with E-state index in [0.717, 1.165) is 17.5 Å². The van der Waals surface area contributed by atoms with Gasteiger partial charge in [0.05, 0.1) is 0 Å². The third kappa shape index (κ3) is 3.46.